The van der Waals surface area contributed by atoms with Gasteiger partial charge in [-0.1, -0.05) is 23.4 Å². The van der Waals surface area contributed by atoms with Gasteiger partial charge in [-0.15, -0.1) is 16.4 Å². The predicted octanol–water partition coefficient (Wildman–Crippen LogP) is 2.40. The van der Waals surface area contributed by atoms with E-state index < -0.39 is 5.91 Å². The topological polar surface area (TPSA) is 73.8 Å². The third-order valence-corrected chi connectivity index (χ3v) is 4.73. The summed E-state index contributed by atoms with van der Waals surface area (Å²) in [5.41, 5.74) is 6.46. The molecule has 0 radical (unpaired) electrons. The first kappa shape index (κ1) is 12.3. The Hall–Kier alpha value is -1.73. The smallest absolute Gasteiger partial charge is 0.270 e. The van der Waals surface area contributed by atoms with Crippen molar-refractivity contribution in [1.82, 2.24) is 15.0 Å². The highest BCUT2D eigenvalue weighted by atomic mass is 79.9. The number of hydrogen-bond donors (Lipinski definition) is 1. The molecule has 1 amide bonds. The summed E-state index contributed by atoms with van der Waals surface area (Å²) in [6.45, 7) is 0.547. The van der Waals surface area contributed by atoms with Crippen LogP contribution in [0.3, 0.4) is 0 Å². The van der Waals surface area contributed by atoms with Crippen molar-refractivity contribution in [2.24, 2.45) is 5.73 Å². The summed E-state index contributed by atoms with van der Waals surface area (Å²) in [6.07, 6.45) is 1.56. The second kappa shape index (κ2) is 4.75. The van der Waals surface area contributed by atoms with Crippen LogP contribution < -0.4 is 5.73 Å². The molecule has 2 aromatic heterocycles. The number of carbonyl (C=O) groups is 1. The fraction of sp³-hybridized carbons (Fsp3) is 0.0833. The van der Waals surface area contributed by atoms with Crippen LogP contribution in [0.4, 0.5) is 0 Å². The summed E-state index contributed by atoms with van der Waals surface area (Å²) in [5, 5.41) is 8.82. The normalized spacial score (nSPS) is 11.0. The first-order chi connectivity index (χ1) is 9.15. The van der Waals surface area contributed by atoms with Gasteiger partial charge in [-0.3, -0.25) is 4.79 Å². The second-order valence-corrected chi connectivity index (χ2v) is 6.39. The molecule has 0 unspecified atom stereocenters. The molecule has 19 heavy (non-hydrogen) atoms. The van der Waals surface area contributed by atoms with E-state index in [9.17, 15) is 4.79 Å². The third-order valence-electron chi connectivity index (χ3n) is 2.76. The Bertz CT molecular complexity index is 764. The van der Waals surface area contributed by atoms with Gasteiger partial charge in [0.25, 0.3) is 5.91 Å². The number of hydrogen-bond acceptors (Lipinski definition) is 4. The summed E-state index contributed by atoms with van der Waals surface area (Å²) in [7, 11) is 0. The summed E-state index contributed by atoms with van der Waals surface area (Å²) >= 11 is 5.24. The third kappa shape index (κ3) is 2.26. The van der Waals surface area contributed by atoms with E-state index >= 15 is 0 Å². The number of halogens is 1. The fourth-order valence-corrected chi connectivity index (χ4v) is 3.67. The molecular formula is C12H9BrN4OS. The van der Waals surface area contributed by atoms with Crippen LogP contribution in [0.1, 0.15) is 16.1 Å². The Morgan fingerprint density at radius 3 is 2.95 bits per heavy atom. The maximum absolute atomic E-state index is 11.0. The Labute approximate surface area is 121 Å². The Balaban J connectivity index is 2.00. The molecule has 96 valence electrons. The van der Waals surface area contributed by atoms with Gasteiger partial charge in [0.2, 0.25) is 0 Å². The zero-order valence-corrected chi connectivity index (χ0v) is 12.1. The van der Waals surface area contributed by atoms with Crippen molar-refractivity contribution in [2.75, 3.05) is 0 Å². The summed E-state index contributed by atoms with van der Waals surface area (Å²) in [4.78, 5) is 11.0. The minimum atomic E-state index is -0.569. The molecule has 3 rings (SSSR count). The molecule has 5 nitrogen and oxygen atoms in total. The van der Waals surface area contributed by atoms with Gasteiger partial charge in [-0.25, -0.2) is 4.68 Å². The first-order valence-corrected chi connectivity index (χ1v) is 7.12. The monoisotopic (exact) mass is 336 g/mol. The fourth-order valence-electron chi connectivity index (χ4n) is 1.87. The molecule has 0 saturated heterocycles. The summed E-state index contributed by atoms with van der Waals surface area (Å²) in [6, 6.07) is 8.15. The molecule has 0 atom stereocenters. The minimum Gasteiger partial charge on any atom is -0.364 e. The molecule has 0 saturated carbocycles. The molecule has 7 heteroatoms. The number of nitrogens with zero attached hydrogens (tertiary/aromatic N) is 3. The zero-order valence-electron chi connectivity index (χ0n) is 9.71. The molecule has 0 aliphatic rings. The van der Waals surface area contributed by atoms with Gasteiger partial charge < -0.3 is 5.73 Å². The number of carbonyl (C=O) groups excluding carboxylic acids is 1. The van der Waals surface area contributed by atoms with Crippen molar-refractivity contribution in [3.05, 3.63) is 45.5 Å². The molecule has 0 aliphatic carbocycles. The average Bonchev–Trinajstić information content (AvgIpc) is 2.96. The predicted molar refractivity (Wildman–Crippen MR) is 77.2 cm³/mol. The van der Waals surface area contributed by atoms with Gasteiger partial charge in [0.1, 0.15) is 0 Å². The molecule has 0 spiro atoms. The molecule has 1 aromatic carbocycles. The number of primary amides is 1. The van der Waals surface area contributed by atoms with Crippen molar-refractivity contribution in [3.63, 3.8) is 0 Å². The van der Waals surface area contributed by atoms with Crippen LogP contribution in [0.25, 0.3) is 10.1 Å². The highest BCUT2D eigenvalue weighted by Crippen LogP contribution is 2.35. The molecule has 2 heterocycles. The van der Waals surface area contributed by atoms with Crippen LogP contribution in [0, 0.1) is 0 Å². The van der Waals surface area contributed by atoms with Crippen LogP contribution in [0.15, 0.2) is 34.2 Å². The van der Waals surface area contributed by atoms with Crippen molar-refractivity contribution >= 4 is 43.3 Å². The van der Waals surface area contributed by atoms with E-state index in [1.165, 1.54) is 10.1 Å². The van der Waals surface area contributed by atoms with Crippen LogP contribution in [0.2, 0.25) is 0 Å². The number of aromatic nitrogens is 3. The van der Waals surface area contributed by atoms with Crippen LogP contribution in [0.5, 0.6) is 0 Å². The lowest BCUT2D eigenvalue weighted by Gasteiger charge is -2.00. The molecular weight excluding hydrogens is 328 g/mol. The number of amides is 1. The van der Waals surface area contributed by atoms with E-state index in [0.717, 1.165) is 9.35 Å². The lowest BCUT2D eigenvalue weighted by molar-refractivity contribution is 0.0995. The van der Waals surface area contributed by atoms with E-state index in [1.54, 1.807) is 22.2 Å². The maximum Gasteiger partial charge on any atom is 0.270 e. The number of rotatable bonds is 3. The quantitative estimate of drug-likeness (QED) is 0.798. The minimum absolute atomic E-state index is 0.177. The van der Waals surface area contributed by atoms with Gasteiger partial charge in [0.15, 0.2) is 5.69 Å². The standard InChI is InChI=1S/C12H9BrN4OS/c13-11-8(7-3-1-2-4-10(7)19-11)5-17-6-9(12(14)18)15-16-17/h1-4,6H,5H2,(H2,14,18). The van der Waals surface area contributed by atoms with Crippen LogP contribution >= 0.6 is 27.3 Å². The van der Waals surface area contributed by atoms with Crippen LogP contribution in [-0.4, -0.2) is 20.9 Å². The lowest BCUT2D eigenvalue weighted by atomic mass is 10.2. The zero-order chi connectivity index (χ0) is 13.4. The van der Waals surface area contributed by atoms with Crippen molar-refractivity contribution < 1.29 is 4.79 Å². The van der Waals surface area contributed by atoms with E-state index in [0.29, 0.717) is 6.54 Å². The van der Waals surface area contributed by atoms with Gasteiger partial charge in [-0.05, 0) is 27.4 Å². The maximum atomic E-state index is 11.0. The SMILES string of the molecule is NC(=O)c1cn(Cc2c(Br)sc3ccccc23)nn1. The van der Waals surface area contributed by atoms with Crippen molar-refractivity contribution in [2.45, 2.75) is 6.54 Å². The Morgan fingerprint density at radius 2 is 2.21 bits per heavy atom. The van der Waals surface area contributed by atoms with E-state index in [-0.39, 0.29) is 5.69 Å². The molecule has 3 aromatic rings. The molecule has 0 aliphatic heterocycles. The number of nitrogens with two attached hydrogens (primary N) is 1. The van der Waals surface area contributed by atoms with Gasteiger partial charge >= 0.3 is 0 Å². The van der Waals surface area contributed by atoms with Crippen LogP contribution in [-0.2, 0) is 6.54 Å². The largest absolute Gasteiger partial charge is 0.364 e. The first-order valence-electron chi connectivity index (χ1n) is 5.51. The number of fused-ring (bicyclic) bond motifs is 1. The van der Waals surface area contributed by atoms with E-state index in [2.05, 4.69) is 38.4 Å². The lowest BCUT2D eigenvalue weighted by Crippen LogP contribution is -2.11. The van der Waals surface area contributed by atoms with Gasteiger partial charge in [0, 0.05) is 10.3 Å². The van der Waals surface area contributed by atoms with Gasteiger partial charge in [0.05, 0.1) is 16.5 Å². The summed E-state index contributed by atoms with van der Waals surface area (Å²) < 4.78 is 3.88. The average molecular weight is 337 g/mol. The summed E-state index contributed by atoms with van der Waals surface area (Å²) in [5.74, 6) is -0.569. The van der Waals surface area contributed by atoms with Crippen molar-refractivity contribution in [3.8, 4) is 0 Å². The highest BCUT2D eigenvalue weighted by molar-refractivity contribution is 9.11. The van der Waals surface area contributed by atoms with Gasteiger partial charge in [-0.2, -0.15) is 0 Å². The second-order valence-electron chi connectivity index (χ2n) is 4.02. The highest BCUT2D eigenvalue weighted by Gasteiger charge is 2.12. The Morgan fingerprint density at radius 1 is 1.42 bits per heavy atom. The molecule has 0 fully saturated rings. The van der Waals surface area contributed by atoms with E-state index in [4.69, 9.17) is 5.73 Å². The number of thiophene rings is 1. The van der Waals surface area contributed by atoms with Crippen molar-refractivity contribution in [1.29, 1.82) is 0 Å². The molecule has 0 bridgehead atoms. The Kier molecular flexibility index (Phi) is 3.08. The molecule has 2 N–H and O–H groups in total. The number of benzene rings is 1. The van der Waals surface area contributed by atoms with E-state index in [1.807, 2.05) is 12.1 Å².